The quantitative estimate of drug-likeness (QED) is 0.524. The van der Waals surface area contributed by atoms with Crippen LogP contribution in [0.5, 0.6) is 0 Å². The normalized spacial score (nSPS) is 17.0. The fourth-order valence-electron chi connectivity index (χ4n) is 1.65. The molecular formula is C14H13ClN2O3S. The number of aryl methyl sites for hydroxylation is 1. The molecule has 0 fully saturated rings. The van der Waals surface area contributed by atoms with Crippen LogP contribution in [-0.2, 0) is 14.8 Å². The Kier molecular flexibility index (Phi) is 4.32. The molecular weight excluding hydrogens is 312 g/mol. The van der Waals surface area contributed by atoms with E-state index in [1.165, 1.54) is 30.4 Å². The smallest absolute Gasteiger partial charge is 0.277 e. The fourth-order valence-corrected chi connectivity index (χ4v) is 2.79. The number of nitrogens with two attached hydrogens (primary N) is 1. The van der Waals surface area contributed by atoms with Crippen LogP contribution in [0.15, 0.2) is 64.2 Å². The predicted octanol–water partition coefficient (Wildman–Crippen LogP) is 2.00. The Labute approximate surface area is 128 Å². The molecule has 5 nitrogen and oxygen atoms in total. The number of ketones is 1. The Morgan fingerprint density at radius 2 is 1.81 bits per heavy atom. The van der Waals surface area contributed by atoms with E-state index in [0.29, 0.717) is 4.41 Å². The van der Waals surface area contributed by atoms with Crippen molar-refractivity contribution in [2.75, 3.05) is 0 Å². The summed E-state index contributed by atoms with van der Waals surface area (Å²) in [5.74, 6) is 5.17. The Morgan fingerprint density at radius 1 is 1.19 bits per heavy atom. The number of carbonyl (C=O) groups excluding carboxylic acids is 1. The lowest BCUT2D eigenvalue weighted by Gasteiger charge is -2.16. The van der Waals surface area contributed by atoms with Gasteiger partial charge in [0.25, 0.3) is 10.0 Å². The number of allylic oxidation sites excluding steroid dienone is 5. The van der Waals surface area contributed by atoms with Gasteiger partial charge in [-0.2, -0.15) is 8.42 Å². The zero-order valence-corrected chi connectivity index (χ0v) is 12.7. The second-order valence-electron chi connectivity index (χ2n) is 4.46. The van der Waals surface area contributed by atoms with Crippen molar-refractivity contribution in [2.24, 2.45) is 5.84 Å². The van der Waals surface area contributed by atoms with Crippen molar-refractivity contribution in [2.45, 2.75) is 11.8 Å². The van der Waals surface area contributed by atoms with Crippen molar-refractivity contribution < 1.29 is 13.2 Å². The van der Waals surface area contributed by atoms with E-state index in [-0.39, 0.29) is 15.5 Å². The molecule has 1 aromatic rings. The topological polar surface area (TPSA) is 80.5 Å². The Bertz CT molecular complexity index is 762. The Balaban J connectivity index is 2.32. The van der Waals surface area contributed by atoms with Gasteiger partial charge in [0.2, 0.25) is 0 Å². The van der Waals surface area contributed by atoms with E-state index >= 15 is 0 Å². The summed E-state index contributed by atoms with van der Waals surface area (Å²) in [4.78, 5) is 11.7. The Morgan fingerprint density at radius 3 is 2.38 bits per heavy atom. The van der Waals surface area contributed by atoms with E-state index in [1.807, 2.05) is 6.92 Å². The van der Waals surface area contributed by atoms with Gasteiger partial charge in [-0.3, -0.25) is 4.79 Å². The van der Waals surface area contributed by atoms with Crippen LogP contribution in [0.1, 0.15) is 5.56 Å². The summed E-state index contributed by atoms with van der Waals surface area (Å²) in [6.45, 7) is 1.85. The van der Waals surface area contributed by atoms with Crippen LogP contribution in [0.25, 0.3) is 0 Å². The van der Waals surface area contributed by atoms with Crippen molar-refractivity contribution in [1.82, 2.24) is 4.41 Å². The van der Waals surface area contributed by atoms with Gasteiger partial charge < -0.3 is 0 Å². The number of carbonyl (C=O) groups is 1. The van der Waals surface area contributed by atoms with Crippen LogP contribution in [0, 0.1) is 6.92 Å². The van der Waals surface area contributed by atoms with E-state index in [9.17, 15) is 13.2 Å². The van der Waals surface area contributed by atoms with E-state index in [0.717, 1.165) is 11.8 Å². The number of hydrogen-bond donors (Lipinski definition) is 1. The number of hydrazine groups is 1. The first-order chi connectivity index (χ1) is 9.80. The average Bonchev–Trinajstić information content (AvgIpc) is 2.42. The minimum absolute atomic E-state index is 0.0493. The minimum atomic E-state index is -3.90. The summed E-state index contributed by atoms with van der Waals surface area (Å²) in [7, 11) is -3.90. The molecule has 0 saturated carbocycles. The van der Waals surface area contributed by atoms with Crippen molar-refractivity contribution in [3.8, 4) is 0 Å². The zero-order valence-electron chi connectivity index (χ0n) is 11.2. The molecule has 0 amide bonds. The second kappa shape index (κ2) is 5.85. The Hall–Kier alpha value is -1.89. The second-order valence-corrected chi connectivity index (χ2v) is 6.74. The number of rotatable bonds is 3. The lowest BCUT2D eigenvalue weighted by Crippen LogP contribution is -2.33. The number of nitrogens with zero attached hydrogens (tertiary/aromatic N) is 1. The molecule has 0 spiro atoms. The van der Waals surface area contributed by atoms with Gasteiger partial charge in [0.15, 0.2) is 5.78 Å². The number of halogens is 1. The molecule has 0 radical (unpaired) electrons. The maximum Gasteiger partial charge on any atom is 0.277 e. The molecule has 0 saturated heterocycles. The summed E-state index contributed by atoms with van der Waals surface area (Å²) in [5.41, 5.74) is 1.07. The van der Waals surface area contributed by atoms with Gasteiger partial charge in [-0.25, -0.2) is 10.3 Å². The van der Waals surface area contributed by atoms with Crippen molar-refractivity contribution >= 4 is 27.4 Å². The van der Waals surface area contributed by atoms with E-state index < -0.39 is 15.8 Å². The number of hydrogen-bond acceptors (Lipinski definition) is 4. The van der Waals surface area contributed by atoms with Gasteiger partial charge in [-0.05, 0) is 31.2 Å². The first-order valence-corrected chi connectivity index (χ1v) is 7.80. The van der Waals surface area contributed by atoms with Crippen LogP contribution in [0.4, 0.5) is 0 Å². The summed E-state index contributed by atoms with van der Waals surface area (Å²) in [6, 6.07) is 6.25. The van der Waals surface area contributed by atoms with Crippen LogP contribution >= 0.6 is 11.6 Å². The summed E-state index contributed by atoms with van der Waals surface area (Å²) >= 11 is 5.68. The highest BCUT2D eigenvalue weighted by Gasteiger charge is 2.20. The highest BCUT2D eigenvalue weighted by Crippen LogP contribution is 2.18. The van der Waals surface area contributed by atoms with Crippen molar-refractivity contribution in [3.63, 3.8) is 0 Å². The van der Waals surface area contributed by atoms with Gasteiger partial charge in [-0.1, -0.05) is 29.3 Å². The molecule has 0 bridgehead atoms. The first kappa shape index (κ1) is 15.5. The van der Waals surface area contributed by atoms with Crippen LogP contribution in [0.3, 0.4) is 0 Å². The molecule has 7 heteroatoms. The molecule has 1 aliphatic carbocycles. The lowest BCUT2D eigenvalue weighted by molar-refractivity contribution is -0.111. The molecule has 0 heterocycles. The molecule has 0 aliphatic heterocycles. The van der Waals surface area contributed by atoms with Crippen molar-refractivity contribution in [1.29, 1.82) is 0 Å². The molecule has 0 aromatic heterocycles. The largest absolute Gasteiger partial charge is 0.289 e. The third-order valence-corrected chi connectivity index (χ3v) is 4.60. The minimum Gasteiger partial charge on any atom is -0.289 e. The van der Waals surface area contributed by atoms with Crippen LogP contribution < -0.4 is 5.84 Å². The van der Waals surface area contributed by atoms with Crippen molar-refractivity contribution in [3.05, 3.63) is 64.9 Å². The first-order valence-electron chi connectivity index (χ1n) is 5.98. The summed E-state index contributed by atoms with van der Waals surface area (Å²) in [5, 5.41) is 0.280. The predicted molar refractivity (Wildman–Crippen MR) is 80.6 cm³/mol. The maximum atomic E-state index is 12.3. The zero-order chi connectivity index (χ0) is 15.6. The standard InChI is InChI=1S/C14H13ClN2O3S/c1-10-2-6-13(7-3-10)21(19,20)17(16)9-11-4-5-12(15)8-14(11)18/h2-9H,16H2,1H3/b11-9+. The number of sulfonamides is 1. The van der Waals surface area contributed by atoms with Gasteiger partial charge >= 0.3 is 0 Å². The average molecular weight is 325 g/mol. The maximum absolute atomic E-state index is 12.3. The highest BCUT2D eigenvalue weighted by molar-refractivity contribution is 7.89. The summed E-state index contributed by atoms with van der Waals surface area (Å²) in [6.07, 6.45) is 5.16. The van der Waals surface area contributed by atoms with E-state index in [2.05, 4.69) is 0 Å². The molecule has 1 aliphatic rings. The lowest BCUT2D eigenvalue weighted by atomic mass is 10.1. The third-order valence-electron chi connectivity index (χ3n) is 2.84. The molecule has 110 valence electrons. The fraction of sp³-hybridized carbons (Fsp3) is 0.0714. The number of benzene rings is 1. The molecule has 0 unspecified atom stereocenters. The highest BCUT2D eigenvalue weighted by atomic mass is 35.5. The van der Waals surface area contributed by atoms with Gasteiger partial charge in [0, 0.05) is 22.9 Å². The molecule has 0 atom stereocenters. The van der Waals surface area contributed by atoms with Crippen LogP contribution in [-0.4, -0.2) is 18.6 Å². The summed E-state index contributed by atoms with van der Waals surface area (Å²) < 4.78 is 25.1. The third kappa shape index (κ3) is 3.41. The van der Waals surface area contributed by atoms with E-state index in [1.54, 1.807) is 12.1 Å². The molecule has 21 heavy (non-hydrogen) atoms. The monoisotopic (exact) mass is 324 g/mol. The molecule has 2 N–H and O–H groups in total. The molecule has 2 rings (SSSR count). The van der Waals surface area contributed by atoms with Gasteiger partial charge in [0.05, 0.1) is 4.90 Å². The van der Waals surface area contributed by atoms with Crippen LogP contribution in [0.2, 0.25) is 0 Å². The van der Waals surface area contributed by atoms with E-state index in [4.69, 9.17) is 17.4 Å². The van der Waals surface area contributed by atoms with Gasteiger partial charge in [0.1, 0.15) is 0 Å². The van der Waals surface area contributed by atoms with Gasteiger partial charge in [-0.15, -0.1) is 0 Å². The SMILES string of the molecule is Cc1ccc(S(=O)(=O)N(N)/C=C2\C=CC(Cl)=CC2=O)cc1. The molecule has 1 aromatic carbocycles.